The maximum absolute atomic E-state index is 12.1. The molecule has 2 rings (SSSR count). The average molecular weight is 365 g/mol. The molecular weight excluding hydrogens is 346 g/mol. The Bertz CT molecular complexity index is 883. The van der Waals surface area contributed by atoms with Crippen LogP contribution in [0.15, 0.2) is 60.3 Å². The van der Waals surface area contributed by atoms with E-state index in [1.165, 1.54) is 18.3 Å². The van der Waals surface area contributed by atoms with Gasteiger partial charge in [-0.25, -0.2) is 4.79 Å². The normalized spacial score (nSPS) is 10.6. The van der Waals surface area contributed by atoms with Crippen molar-refractivity contribution in [1.29, 1.82) is 5.26 Å². The van der Waals surface area contributed by atoms with Crippen molar-refractivity contribution in [2.75, 3.05) is 11.9 Å². The van der Waals surface area contributed by atoms with Gasteiger partial charge in [0, 0.05) is 24.5 Å². The van der Waals surface area contributed by atoms with Gasteiger partial charge >= 0.3 is 5.97 Å². The Morgan fingerprint density at radius 2 is 1.96 bits per heavy atom. The molecular formula is C20H19N3O4. The van der Waals surface area contributed by atoms with Crippen LogP contribution in [-0.2, 0) is 16.1 Å². The first-order chi connectivity index (χ1) is 13.0. The zero-order chi connectivity index (χ0) is 19.6. The Morgan fingerprint density at radius 3 is 2.59 bits per heavy atom. The Kier molecular flexibility index (Phi) is 6.97. The molecule has 7 heteroatoms. The number of rotatable bonds is 7. The summed E-state index contributed by atoms with van der Waals surface area (Å²) >= 11 is 0. The largest absolute Gasteiger partial charge is 0.508 e. The number of amides is 1. The third kappa shape index (κ3) is 5.90. The van der Waals surface area contributed by atoms with Crippen molar-refractivity contribution in [2.24, 2.45) is 0 Å². The summed E-state index contributed by atoms with van der Waals surface area (Å²) in [5.41, 5.74) is 1.60. The molecule has 2 aromatic carbocycles. The van der Waals surface area contributed by atoms with Crippen molar-refractivity contribution in [3.05, 3.63) is 71.4 Å². The predicted octanol–water partition coefficient (Wildman–Crippen LogP) is 2.70. The average Bonchev–Trinajstić information content (AvgIpc) is 2.66. The van der Waals surface area contributed by atoms with Crippen molar-refractivity contribution < 1.29 is 19.4 Å². The van der Waals surface area contributed by atoms with E-state index in [1.807, 2.05) is 6.07 Å². The smallest absolute Gasteiger partial charge is 0.338 e. The van der Waals surface area contributed by atoms with E-state index < -0.39 is 5.91 Å². The maximum atomic E-state index is 12.1. The van der Waals surface area contributed by atoms with E-state index in [0.717, 1.165) is 5.56 Å². The molecule has 0 saturated heterocycles. The molecule has 2 aromatic rings. The van der Waals surface area contributed by atoms with Crippen LogP contribution >= 0.6 is 0 Å². The number of nitriles is 1. The summed E-state index contributed by atoms with van der Waals surface area (Å²) in [5.74, 6) is -0.958. The number of ether oxygens (including phenoxy) is 1. The Hall–Kier alpha value is -3.79. The molecule has 0 unspecified atom stereocenters. The van der Waals surface area contributed by atoms with Crippen LogP contribution in [0, 0.1) is 11.3 Å². The van der Waals surface area contributed by atoms with Gasteiger partial charge in [-0.2, -0.15) is 5.26 Å². The van der Waals surface area contributed by atoms with Gasteiger partial charge in [0.05, 0.1) is 12.2 Å². The van der Waals surface area contributed by atoms with Gasteiger partial charge in [-0.15, -0.1) is 0 Å². The Balaban J connectivity index is 1.94. The molecule has 1 amide bonds. The van der Waals surface area contributed by atoms with Crippen molar-refractivity contribution in [2.45, 2.75) is 13.5 Å². The number of phenolic OH excluding ortho intramolecular Hbond substituents is 1. The zero-order valence-electron chi connectivity index (χ0n) is 14.7. The second-order valence-electron chi connectivity index (χ2n) is 5.47. The summed E-state index contributed by atoms with van der Waals surface area (Å²) in [5, 5.41) is 24.0. The number of carbonyl (C=O) groups excluding carboxylic acids is 2. The van der Waals surface area contributed by atoms with E-state index in [1.54, 1.807) is 43.3 Å². The summed E-state index contributed by atoms with van der Waals surface area (Å²) in [6, 6.07) is 14.7. The van der Waals surface area contributed by atoms with Gasteiger partial charge in [0.15, 0.2) is 0 Å². The summed E-state index contributed by atoms with van der Waals surface area (Å²) < 4.78 is 4.92. The predicted molar refractivity (Wildman–Crippen MR) is 99.7 cm³/mol. The lowest BCUT2D eigenvalue weighted by Gasteiger charge is -2.06. The molecule has 0 fully saturated rings. The Morgan fingerprint density at radius 1 is 1.22 bits per heavy atom. The molecule has 0 heterocycles. The summed E-state index contributed by atoms with van der Waals surface area (Å²) in [7, 11) is 0. The van der Waals surface area contributed by atoms with Crippen LogP contribution < -0.4 is 10.6 Å². The van der Waals surface area contributed by atoms with Gasteiger partial charge in [0.2, 0.25) is 0 Å². The lowest BCUT2D eigenvalue weighted by atomic mass is 10.1. The number of nitrogens with one attached hydrogen (secondary N) is 2. The number of nitrogens with zero attached hydrogens (tertiary/aromatic N) is 1. The molecule has 138 valence electrons. The number of phenols is 1. The van der Waals surface area contributed by atoms with E-state index in [0.29, 0.717) is 24.4 Å². The third-order valence-corrected chi connectivity index (χ3v) is 3.49. The molecule has 0 saturated carbocycles. The minimum atomic E-state index is -0.590. The summed E-state index contributed by atoms with van der Waals surface area (Å²) in [6.07, 6.45) is 1.32. The quantitative estimate of drug-likeness (QED) is 0.395. The number of hydrogen-bond donors (Lipinski definition) is 3. The number of anilines is 1. The van der Waals surface area contributed by atoms with Crippen molar-refractivity contribution in [1.82, 2.24) is 5.32 Å². The van der Waals surface area contributed by atoms with Gasteiger partial charge in [0.25, 0.3) is 5.91 Å². The highest BCUT2D eigenvalue weighted by Gasteiger charge is 2.09. The first kappa shape index (κ1) is 19.5. The van der Waals surface area contributed by atoms with Gasteiger partial charge in [-0.05, 0) is 36.8 Å². The minimum absolute atomic E-state index is 0.0136. The van der Waals surface area contributed by atoms with Crippen LogP contribution in [0.1, 0.15) is 22.8 Å². The molecule has 0 aliphatic rings. The first-order valence-electron chi connectivity index (χ1n) is 8.23. The fourth-order valence-corrected chi connectivity index (χ4v) is 2.17. The van der Waals surface area contributed by atoms with Crippen LogP contribution in [0.25, 0.3) is 0 Å². The highest BCUT2D eigenvalue weighted by molar-refractivity contribution is 6.06. The summed E-state index contributed by atoms with van der Waals surface area (Å²) in [6.45, 7) is 2.42. The van der Waals surface area contributed by atoms with Gasteiger partial charge < -0.3 is 20.5 Å². The molecule has 7 nitrogen and oxygen atoms in total. The van der Waals surface area contributed by atoms with E-state index in [-0.39, 0.29) is 17.3 Å². The molecule has 3 N–H and O–H groups in total. The monoisotopic (exact) mass is 365 g/mol. The topological polar surface area (TPSA) is 111 Å². The molecule has 0 aromatic heterocycles. The second-order valence-corrected chi connectivity index (χ2v) is 5.47. The maximum Gasteiger partial charge on any atom is 0.338 e. The fraction of sp³-hybridized carbons (Fsp3) is 0.150. The standard InChI is InChI=1S/C20H19N3O4/c1-2-27-20(26)15-8-6-14(7-9-15)12-22-13-16(11-21)19(25)23-17-4-3-5-18(24)10-17/h3-10,13,22,24H,2,12H2,1H3,(H,23,25)/b16-13-. The van der Waals surface area contributed by atoms with E-state index in [4.69, 9.17) is 10.00 Å². The first-order valence-corrected chi connectivity index (χ1v) is 8.23. The number of esters is 1. The number of hydrogen-bond acceptors (Lipinski definition) is 6. The van der Waals surface area contributed by atoms with Gasteiger partial charge in [-0.3, -0.25) is 4.79 Å². The SMILES string of the molecule is CCOC(=O)c1ccc(CN/C=C(/C#N)C(=O)Nc2cccc(O)c2)cc1. The molecule has 0 radical (unpaired) electrons. The molecule has 27 heavy (non-hydrogen) atoms. The van der Waals surface area contributed by atoms with Gasteiger partial charge in [-0.1, -0.05) is 18.2 Å². The molecule has 0 aliphatic heterocycles. The lowest BCUT2D eigenvalue weighted by molar-refractivity contribution is -0.112. The molecule has 0 bridgehead atoms. The minimum Gasteiger partial charge on any atom is -0.508 e. The van der Waals surface area contributed by atoms with Crippen LogP contribution in [0.4, 0.5) is 5.69 Å². The van der Waals surface area contributed by atoms with Crippen molar-refractivity contribution >= 4 is 17.6 Å². The van der Waals surface area contributed by atoms with E-state index in [2.05, 4.69) is 10.6 Å². The van der Waals surface area contributed by atoms with E-state index in [9.17, 15) is 14.7 Å². The molecule has 0 atom stereocenters. The highest BCUT2D eigenvalue weighted by Crippen LogP contribution is 2.16. The van der Waals surface area contributed by atoms with Crippen molar-refractivity contribution in [3.8, 4) is 11.8 Å². The van der Waals surface area contributed by atoms with Crippen molar-refractivity contribution in [3.63, 3.8) is 0 Å². The van der Waals surface area contributed by atoms with Crippen LogP contribution in [0.5, 0.6) is 5.75 Å². The zero-order valence-corrected chi connectivity index (χ0v) is 14.7. The van der Waals surface area contributed by atoms with E-state index >= 15 is 0 Å². The van der Waals surface area contributed by atoms with Gasteiger partial charge in [0.1, 0.15) is 17.4 Å². The van der Waals surface area contributed by atoms with Crippen LogP contribution in [0.3, 0.4) is 0 Å². The van der Waals surface area contributed by atoms with Crippen LogP contribution in [-0.4, -0.2) is 23.6 Å². The summed E-state index contributed by atoms with van der Waals surface area (Å²) in [4.78, 5) is 23.7. The number of aromatic hydroxyl groups is 1. The fourth-order valence-electron chi connectivity index (χ4n) is 2.17. The number of carbonyl (C=O) groups is 2. The molecule has 0 aliphatic carbocycles. The second kappa shape index (κ2) is 9.63. The Labute approximate surface area is 156 Å². The van der Waals surface area contributed by atoms with Crippen LogP contribution in [0.2, 0.25) is 0 Å². The number of benzene rings is 2. The highest BCUT2D eigenvalue weighted by atomic mass is 16.5. The molecule has 0 spiro atoms. The lowest BCUT2D eigenvalue weighted by Crippen LogP contribution is -2.16. The third-order valence-electron chi connectivity index (χ3n) is 3.49.